The maximum atomic E-state index is 11.0. The van der Waals surface area contributed by atoms with Crippen LogP contribution < -0.4 is 0 Å². The van der Waals surface area contributed by atoms with Crippen LogP contribution >= 0.6 is 0 Å². The van der Waals surface area contributed by atoms with E-state index in [2.05, 4.69) is 0 Å². The molecule has 0 aliphatic rings. The first-order valence-electron chi connectivity index (χ1n) is 4.86. The minimum atomic E-state index is -2.95. The molecule has 1 rings (SSSR count). The van der Waals surface area contributed by atoms with Crippen molar-refractivity contribution in [2.24, 2.45) is 0 Å². The number of aliphatic hydroxyl groups excluding tert-OH is 1. The Morgan fingerprint density at radius 2 is 1.87 bits per heavy atom. The van der Waals surface area contributed by atoms with E-state index in [9.17, 15) is 13.5 Å². The first-order valence-corrected chi connectivity index (χ1v) is 6.92. The van der Waals surface area contributed by atoms with Crippen LogP contribution in [-0.2, 0) is 9.84 Å². The molecule has 1 aromatic carbocycles. The molecule has 0 amide bonds. The predicted octanol–water partition coefficient (Wildman–Crippen LogP) is 1.20. The molecule has 1 unspecified atom stereocenters. The molecule has 0 heterocycles. The van der Waals surface area contributed by atoms with Gasteiger partial charge in [-0.3, -0.25) is 0 Å². The van der Waals surface area contributed by atoms with Gasteiger partial charge in [-0.05, 0) is 12.0 Å². The SMILES string of the molecule is CS(=O)(=O)CCC(CO)c1ccccc1. The lowest BCUT2D eigenvalue weighted by atomic mass is 9.98. The summed E-state index contributed by atoms with van der Waals surface area (Å²) in [7, 11) is -2.95. The Labute approximate surface area is 90.7 Å². The fraction of sp³-hybridized carbons (Fsp3) is 0.455. The highest BCUT2D eigenvalue weighted by Crippen LogP contribution is 2.19. The van der Waals surface area contributed by atoms with Crippen LogP contribution in [0.25, 0.3) is 0 Å². The molecule has 0 saturated heterocycles. The van der Waals surface area contributed by atoms with Gasteiger partial charge in [0.1, 0.15) is 9.84 Å². The summed E-state index contributed by atoms with van der Waals surface area (Å²) in [5, 5.41) is 9.18. The first kappa shape index (κ1) is 12.2. The molecule has 3 nitrogen and oxygen atoms in total. The van der Waals surface area contributed by atoms with E-state index in [1.165, 1.54) is 6.26 Å². The van der Waals surface area contributed by atoms with Crippen LogP contribution in [0.5, 0.6) is 0 Å². The molecule has 0 aliphatic heterocycles. The molecular weight excluding hydrogens is 212 g/mol. The fourth-order valence-electron chi connectivity index (χ4n) is 1.44. The lowest BCUT2D eigenvalue weighted by Gasteiger charge is -2.13. The molecule has 84 valence electrons. The summed E-state index contributed by atoms with van der Waals surface area (Å²) >= 11 is 0. The highest BCUT2D eigenvalue weighted by molar-refractivity contribution is 7.90. The Morgan fingerprint density at radius 1 is 1.27 bits per heavy atom. The van der Waals surface area contributed by atoms with Crippen LogP contribution in [0.1, 0.15) is 17.9 Å². The van der Waals surface area contributed by atoms with Gasteiger partial charge in [-0.15, -0.1) is 0 Å². The highest BCUT2D eigenvalue weighted by atomic mass is 32.2. The van der Waals surface area contributed by atoms with E-state index in [1.54, 1.807) is 0 Å². The molecule has 0 aliphatic carbocycles. The van der Waals surface area contributed by atoms with Crippen LogP contribution in [0.15, 0.2) is 30.3 Å². The number of benzene rings is 1. The van der Waals surface area contributed by atoms with Gasteiger partial charge < -0.3 is 5.11 Å². The van der Waals surface area contributed by atoms with Crippen LogP contribution in [0.4, 0.5) is 0 Å². The minimum Gasteiger partial charge on any atom is -0.396 e. The van der Waals surface area contributed by atoms with Crippen LogP contribution in [0.3, 0.4) is 0 Å². The van der Waals surface area contributed by atoms with Crippen molar-refractivity contribution in [3.63, 3.8) is 0 Å². The Balaban J connectivity index is 2.66. The quantitative estimate of drug-likeness (QED) is 0.823. The third-order valence-corrected chi connectivity index (χ3v) is 3.31. The number of hydrogen-bond donors (Lipinski definition) is 1. The molecule has 0 saturated carbocycles. The monoisotopic (exact) mass is 228 g/mol. The van der Waals surface area contributed by atoms with Crippen LogP contribution in [0, 0.1) is 0 Å². The van der Waals surface area contributed by atoms with Crippen molar-refractivity contribution in [3.8, 4) is 0 Å². The van der Waals surface area contributed by atoms with Crippen molar-refractivity contribution in [1.82, 2.24) is 0 Å². The molecule has 0 spiro atoms. The molecule has 0 bridgehead atoms. The van der Waals surface area contributed by atoms with Gasteiger partial charge in [0.05, 0.1) is 5.75 Å². The van der Waals surface area contributed by atoms with Gasteiger partial charge in [0.15, 0.2) is 0 Å². The van der Waals surface area contributed by atoms with Gasteiger partial charge in [0, 0.05) is 18.8 Å². The number of hydrogen-bond acceptors (Lipinski definition) is 3. The second kappa shape index (κ2) is 5.28. The predicted molar refractivity (Wildman–Crippen MR) is 60.6 cm³/mol. The summed E-state index contributed by atoms with van der Waals surface area (Å²) in [6.07, 6.45) is 1.69. The third kappa shape index (κ3) is 4.44. The fourth-order valence-corrected chi connectivity index (χ4v) is 2.16. The Morgan fingerprint density at radius 3 is 2.33 bits per heavy atom. The van der Waals surface area contributed by atoms with E-state index < -0.39 is 9.84 Å². The molecule has 0 fully saturated rings. The summed E-state index contributed by atoms with van der Waals surface area (Å²) < 4.78 is 22.0. The molecule has 1 aromatic rings. The normalized spacial score (nSPS) is 13.7. The Hall–Kier alpha value is -0.870. The second-order valence-electron chi connectivity index (χ2n) is 3.71. The lowest BCUT2D eigenvalue weighted by molar-refractivity contribution is 0.262. The zero-order valence-corrected chi connectivity index (χ0v) is 9.57. The second-order valence-corrected chi connectivity index (χ2v) is 5.97. The summed E-state index contributed by atoms with van der Waals surface area (Å²) in [5.41, 5.74) is 0.989. The standard InChI is InChI=1S/C11H16O3S/c1-15(13,14)8-7-11(9-12)10-5-3-2-4-6-10/h2-6,11-12H,7-9H2,1H3. The smallest absolute Gasteiger partial charge is 0.147 e. The summed E-state index contributed by atoms with van der Waals surface area (Å²) in [6, 6.07) is 9.48. The third-order valence-electron chi connectivity index (χ3n) is 2.33. The van der Waals surface area contributed by atoms with Crippen molar-refractivity contribution in [3.05, 3.63) is 35.9 Å². The highest BCUT2D eigenvalue weighted by Gasteiger charge is 2.12. The zero-order valence-electron chi connectivity index (χ0n) is 8.76. The van der Waals surface area contributed by atoms with Crippen LogP contribution in [0.2, 0.25) is 0 Å². The van der Waals surface area contributed by atoms with Gasteiger partial charge in [-0.25, -0.2) is 8.42 Å². The number of aliphatic hydroxyl groups is 1. The molecule has 15 heavy (non-hydrogen) atoms. The minimum absolute atomic E-state index is 0.0144. The van der Waals surface area contributed by atoms with E-state index >= 15 is 0 Å². The van der Waals surface area contributed by atoms with E-state index in [1.807, 2.05) is 30.3 Å². The Kier molecular flexibility index (Phi) is 4.29. The van der Waals surface area contributed by atoms with Crippen molar-refractivity contribution >= 4 is 9.84 Å². The molecular formula is C11H16O3S. The number of rotatable bonds is 5. The van der Waals surface area contributed by atoms with Crippen molar-refractivity contribution in [2.75, 3.05) is 18.6 Å². The summed E-state index contributed by atoms with van der Waals surface area (Å²) in [4.78, 5) is 0. The molecule has 0 aromatic heterocycles. The topological polar surface area (TPSA) is 54.4 Å². The average molecular weight is 228 g/mol. The Bertz CT molecular complexity index is 384. The van der Waals surface area contributed by atoms with Gasteiger partial charge in [-0.2, -0.15) is 0 Å². The van der Waals surface area contributed by atoms with Crippen molar-refractivity contribution in [2.45, 2.75) is 12.3 Å². The van der Waals surface area contributed by atoms with Gasteiger partial charge in [0.25, 0.3) is 0 Å². The molecule has 0 radical (unpaired) electrons. The average Bonchev–Trinajstić information content (AvgIpc) is 2.19. The molecule has 1 N–H and O–H groups in total. The van der Waals surface area contributed by atoms with Gasteiger partial charge in [-0.1, -0.05) is 30.3 Å². The summed E-state index contributed by atoms with van der Waals surface area (Å²) in [6.45, 7) is -0.0144. The van der Waals surface area contributed by atoms with Crippen molar-refractivity contribution < 1.29 is 13.5 Å². The largest absolute Gasteiger partial charge is 0.396 e. The molecule has 1 atom stereocenters. The van der Waals surface area contributed by atoms with Gasteiger partial charge >= 0.3 is 0 Å². The van der Waals surface area contributed by atoms with Crippen molar-refractivity contribution in [1.29, 1.82) is 0 Å². The van der Waals surface area contributed by atoms with E-state index in [0.29, 0.717) is 6.42 Å². The molecule has 4 heteroatoms. The van der Waals surface area contributed by atoms with E-state index in [4.69, 9.17) is 0 Å². The van der Waals surface area contributed by atoms with E-state index in [-0.39, 0.29) is 18.3 Å². The lowest BCUT2D eigenvalue weighted by Crippen LogP contribution is -2.11. The van der Waals surface area contributed by atoms with Crippen LogP contribution in [-0.4, -0.2) is 32.1 Å². The zero-order chi connectivity index (χ0) is 11.3. The first-order chi connectivity index (χ1) is 7.03. The maximum absolute atomic E-state index is 11.0. The van der Waals surface area contributed by atoms with Gasteiger partial charge in [0.2, 0.25) is 0 Å². The maximum Gasteiger partial charge on any atom is 0.147 e. The summed E-state index contributed by atoms with van der Waals surface area (Å²) in [5.74, 6) is 0.0357. The van der Waals surface area contributed by atoms with E-state index in [0.717, 1.165) is 5.56 Å². The number of sulfone groups is 1.